The van der Waals surface area contributed by atoms with Crippen LogP contribution in [0.2, 0.25) is 0 Å². The first-order valence-electron chi connectivity index (χ1n) is 8.80. The largest absolute Gasteiger partial charge is 0.365 e. The maximum atomic E-state index is 12.6. The minimum atomic E-state index is 0.134. The number of hydrogen-bond acceptors (Lipinski definition) is 3. The Bertz CT molecular complexity index is 611. The fraction of sp³-hybridized carbons (Fsp3) is 0.579. The van der Waals surface area contributed by atoms with E-state index in [1.165, 1.54) is 11.1 Å². The number of anilines is 1. The van der Waals surface area contributed by atoms with Crippen molar-refractivity contribution in [1.29, 1.82) is 0 Å². The molecular formula is C19H27N3O2. The summed E-state index contributed by atoms with van der Waals surface area (Å²) in [6, 6.07) is 6.34. The Balaban J connectivity index is 1.52. The molecule has 130 valence electrons. The fourth-order valence-corrected chi connectivity index (χ4v) is 3.33. The number of carbonyl (C=O) groups excluding carboxylic acids is 2. The maximum Gasteiger partial charge on any atom is 0.242 e. The van der Waals surface area contributed by atoms with Gasteiger partial charge in [0.25, 0.3) is 0 Å². The van der Waals surface area contributed by atoms with Crippen LogP contribution in [0.15, 0.2) is 18.2 Å². The van der Waals surface area contributed by atoms with Gasteiger partial charge in [-0.25, -0.2) is 0 Å². The summed E-state index contributed by atoms with van der Waals surface area (Å²) in [7, 11) is 1.96. The molecule has 0 atom stereocenters. The van der Waals surface area contributed by atoms with Crippen LogP contribution in [0.25, 0.3) is 0 Å². The summed E-state index contributed by atoms with van der Waals surface area (Å²) in [5.41, 5.74) is 3.48. The molecule has 0 bridgehead atoms. The van der Waals surface area contributed by atoms with Crippen LogP contribution < -0.4 is 4.90 Å². The molecule has 1 aromatic rings. The van der Waals surface area contributed by atoms with Gasteiger partial charge >= 0.3 is 0 Å². The van der Waals surface area contributed by atoms with Gasteiger partial charge in [0.15, 0.2) is 0 Å². The SMILES string of the molecule is Cc1cc(C)cc(N(C)CC(=O)N2CCN(C(=O)C3CC3)CC2)c1. The van der Waals surface area contributed by atoms with E-state index in [9.17, 15) is 9.59 Å². The predicted molar refractivity (Wildman–Crippen MR) is 95.1 cm³/mol. The van der Waals surface area contributed by atoms with Gasteiger partial charge in [0.1, 0.15) is 0 Å². The molecule has 1 aliphatic carbocycles. The lowest BCUT2D eigenvalue weighted by Gasteiger charge is -2.35. The number of aryl methyl sites for hydroxylation is 2. The highest BCUT2D eigenvalue weighted by molar-refractivity contribution is 5.83. The summed E-state index contributed by atoms with van der Waals surface area (Å²) in [5, 5.41) is 0. The lowest BCUT2D eigenvalue weighted by molar-refractivity contribution is -0.139. The highest BCUT2D eigenvalue weighted by Crippen LogP contribution is 2.31. The van der Waals surface area contributed by atoms with Crippen molar-refractivity contribution >= 4 is 17.5 Å². The molecule has 0 aromatic heterocycles. The van der Waals surface area contributed by atoms with Crippen molar-refractivity contribution in [2.45, 2.75) is 26.7 Å². The Hall–Kier alpha value is -2.04. The first-order chi connectivity index (χ1) is 11.4. The molecule has 0 N–H and O–H groups in total. The van der Waals surface area contributed by atoms with Crippen molar-refractivity contribution in [3.8, 4) is 0 Å². The van der Waals surface area contributed by atoms with E-state index in [4.69, 9.17) is 0 Å². The summed E-state index contributed by atoms with van der Waals surface area (Å²) in [6.45, 7) is 7.17. The van der Waals surface area contributed by atoms with Gasteiger partial charge in [0.2, 0.25) is 11.8 Å². The van der Waals surface area contributed by atoms with Gasteiger partial charge in [0.05, 0.1) is 6.54 Å². The van der Waals surface area contributed by atoms with Crippen molar-refractivity contribution in [3.05, 3.63) is 29.3 Å². The molecule has 5 nitrogen and oxygen atoms in total. The third kappa shape index (κ3) is 3.89. The van der Waals surface area contributed by atoms with Gasteiger partial charge in [-0.05, 0) is 49.9 Å². The predicted octanol–water partition coefficient (Wildman–Crippen LogP) is 1.82. The third-order valence-electron chi connectivity index (χ3n) is 4.89. The number of likely N-dealkylation sites (N-methyl/N-ethyl adjacent to an activating group) is 1. The number of hydrogen-bond donors (Lipinski definition) is 0. The summed E-state index contributed by atoms with van der Waals surface area (Å²) < 4.78 is 0. The van der Waals surface area contributed by atoms with E-state index in [0.29, 0.717) is 32.7 Å². The monoisotopic (exact) mass is 329 g/mol. The minimum absolute atomic E-state index is 0.134. The van der Waals surface area contributed by atoms with E-state index in [0.717, 1.165) is 18.5 Å². The molecule has 0 radical (unpaired) electrons. The fourth-order valence-electron chi connectivity index (χ4n) is 3.33. The van der Waals surface area contributed by atoms with Crippen LogP contribution in [0.3, 0.4) is 0 Å². The molecule has 2 amide bonds. The molecule has 0 unspecified atom stereocenters. The van der Waals surface area contributed by atoms with E-state index in [-0.39, 0.29) is 17.7 Å². The summed E-state index contributed by atoms with van der Waals surface area (Å²) in [6.07, 6.45) is 2.08. The average Bonchev–Trinajstić information content (AvgIpc) is 3.38. The van der Waals surface area contributed by atoms with E-state index in [1.54, 1.807) is 0 Å². The van der Waals surface area contributed by atoms with Gasteiger partial charge in [-0.2, -0.15) is 0 Å². The quantitative estimate of drug-likeness (QED) is 0.846. The van der Waals surface area contributed by atoms with Crippen LogP contribution in [-0.2, 0) is 9.59 Å². The second kappa shape index (κ2) is 6.83. The Kier molecular flexibility index (Phi) is 4.78. The normalized spacial score (nSPS) is 17.8. The maximum absolute atomic E-state index is 12.6. The number of rotatable bonds is 4. The average molecular weight is 329 g/mol. The zero-order chi connectivity index (χ0) is 17.3. The molecule has 1 saturated heterocycles. The van der Waals surface area contributed by atoms with Gasteiger partial charge < -0.3 is 14.7 Å². The van der Waals surface area contributed by atoms with Crippen LogP contribution in [0.5, 0.6) is 0 Å². The van der Waals surface area contributed by atoms with Crippen molar-refractivity contribution < 1.29 is 9.59 Å². The van der Waals surface area contributed by atoms with E-state index in [2.05, 4.69) is 32.0 Å². The van der Waals surface area contributed by atoms with Crippen molar-refractivity contribution in [1.82, 2.24) is 9.80 Å². The molecule has 3 rings (SSSR count). The Morgan fingerprint density at radius 2 is 1.54 bits per heavy atom. The number of nitrogens with zero attached hydrogens (tertiary/aromatic N) is 3. The van der Waals surface area contributed by atoms with E-state index >= 15 is 0 Å². The number of benzene rings is 1. The molecular weight excluding hydrogens is 302 g/mol. The Labute approximate surface area is 144 Å². The van der Waals surface area contributed by atoms with Crippen LogP contribution in [0, 0.1) is 19.8 Å². The second-order valence-electron chi connectivity index (χ2n) is 7.18. The molecule has 24 heavy (non-hydrogen) atoms. The van der Waals surface area contributed by atoms with E-state index in [1.807, 2.05) is 21.7 Å². The highest BCUT2D eigenvalue weighted by Gasteiger charge is 2.35. The summed E-state index contributed by atoms with van der Waals surface area (Å²) in [4.78, 5) is 30.4. The number of amides is 2. The van der Waals surface area contributed by atoms with Crippen molar-refractivity contribution in [3.63, 3.8) is 0 Å². The summed E-state index contributed by atoms with van der Waals surface area (Å²) >= 11 is 0. The topological polar surface area (TPSA) is 43.9 Å². The number of piperazine rings is 1. The molecule has 2 aliphatic rings. The third-order valence-corrected chi connectivity index (χ3v) is 4.89. The second-order valence-corrected chi connectivity index (χ2v) is 7.18. The molecule has 1 heterocycles. The van der Waals surface area contributed by atoms with E-state index < -0.39 is 0 Å². The molecule has 5 heteroatoms. The highest BCUT2D eigenvalue weighted by atomic mass is 16.2. The van der Waals surface area contributed by atoms with Gasteiger partial charge in [-0.15, -0.1) is 0 Å². The first-order valence-corrected chi connectivity index (χ1v) is 8.80. The molecule has 2 fully saturated rings. The lowest BCUT2D eigenvalue weighted by Crippen LogP contribution is -2.52. The minimum Gasteiger partial charge on any atom is -0.365 e. The zero-order valence-electron chi connectivity index (χ0n) is 14.9. The number of carbonyl (C=O) groups is 2. The van der Waals surface area contributed by atoms with Gasteiger partial charge in [0, 0.05) is 44.8 Å². The summed E-state index contributed by atoms with van der Waals surface area (Å²) in [5.74, 6) is 0.688. The van der Waals surface area contributed by atoms with Gasteiger partial charge in [-0.3, -0.25) is 9.59 Å². The van der Waals surface area contributed by atoms with Crippen molar-refractivity contribution in [2.75, 3.05) is 44.7 Å². The molecule has 1 saturated carbocycles. The lowest BCUT2D eigenvalue weighted by atomic mass is 10.1. The van der Waals surface area contributed by atoms with Crippen LogP contribution in [0.1, 0.15) is 24.0 Å². The Morgan fingerprint density at radius 1 is 1.00 bits per heavy atom. The standard InChI is InChI=1S/C19H27N3O2/c1-14-10-15(2)12-17(11-14)20(3)13-18(23)21-6-8-22(9-7-21)19(24)16-4-5-16/h10-12,16H,4-9,13H2,1-3H3. The van der Waals surface area contributed by atoms with Crippen molar-refractivity contribution in [2.24, 2.45) is 5.92 Å². The van der Waals surface area contributed by atoms with Crippen LogP contribution >= 0.6 is 0 Å². The van der Waals surface area contributed by atoms with Gasteiger partial charge in [-0.1, -0.05) is 6.07 Å². The molecule has 0 spiro atoms. The van der Waals surface area contributed by atoms with Crippen LogP contribution in [0.4, 0.5) is 5.69 Å². The smallest absolute Gasteiger partial charge is 0.242 e. The van der Waals surface area contributed by atoms with Crippen LogP contribution in [-0.4, -0.2) is 61.4 Å². The molecule has 1 aliphatic heterocycles. The first kappa shape index (κ1) is 16.8. The Morgan fingerprint density at radius 3 is 2.08 bits per heavy atom. The molecule has 1 aromatic carbocycles. The zero-order valence-corrected chi connectivity index (χ0v) is 14.9.